The first kappa shape index (κ1) is 24.3. The lowest BCUT2D eigenvalue weighted by atomic mass is 9.99. The number of amides is 1. The van der Waals surface area contributed by atoms with Crippen LogP contribution in [0.15, 0.2) is 39.4 Å². The Balaban J connectivity index is 1.48. The lowest BCUT2D eigenvalue weighted by Crippen LogP contribution is -2.37. The van der Waals surface area contributed by atoms with Crippen molar-refractivity contribution in [1.82, 2.24) is 23.9 Å². The highest BCUT2D eigenvalue weighted by molar-refractivity contribution is 7.14. The number of hydrogen-bond donors (Lipinski definition) is 1. The second-order valence-corrected chi connectivity index (χ2v) is 10.2. The van der Waals surface area contributed by atoms with Gasteiger partial charge < -0.3 is 10.1 Å². The van der Waals surface area contributed by atoms with Crippen molar-refractivity contribution in [2.24, 2.45) is 19.5 Å². The van der Waals surface area contributed by atoms with Gasteiger partial charge >= 0.3 is 5.69 Å². The fourth-order valence-corrected chi connectivity index (χ4v) is 4.10. The number of aromatic nitrogens is 5. The minimum absolute atomic E-state index is 0.0981. The molecule has 0 bridgehead atoms. The Kier molecular flexibility index (Phi) is 6.32. The maximum Gasteiger partial charge on any atom is 0.331 e. The summed E-state index contributed by atoms with van der Waals surface area (Å²) in [4.78, 5) is 41.6. The number of benzene rings is 1. The van der Waals surface area contributed by atoms with E-state index in [1.165, 1.54) is 46.9 Å². The van der Waals surface area contributed by atoms with E-state index >= 15 is 0 Å². The molecule has 10 nitrogen and oxygen atoms in total. The summed E-state index contributed by atoms with van der Waals surface area (Å²) < 4.78 is 23.6. The molecule has 4 aromatic rings. The van der Waals surface area contributed by atoms with E-state index in [2.05, 4.69) is 15.4 Å². The van der Waals surface area contributed by atoms with E-state index in [0.717, 1.165) is 4.57 Å². The second kappa shape index (κ2) is 9.10. The van der Waals surface area contributed by atoms with Crippen LogP contribution in [0.2, 0.25) is 0 Å². The molecule has 1 N–H and O–H groups in total. The van der Waals surface area contributed by atoms with Crippen LogP contribution < -0.4 is 21.3 Å². The summed E-state index contributed by atoms with van der Waals surface area (Å²) in [5, 5.41) is 8.78. The molecule has 12 heteroatoms. The maximum atomic E-state index is 14.5. The fraction of sp³-hybridized carbons (Fsp3) is 0.348. The van der Waals surface area contributed by atoms with Gasteiger partial charge in [0.2, 0.25) is 5.91 Å². The number of hydrogen-bond acceptors (Lipinski definition) is 7. The Labute approximate surface area is 203 Å². The van der Waals surface area contributed by atoms with Gasteiger partial charge in [-0.15, -0.1) is 11.3 Å². The van der Waals surface area contributed by atoms with Crippen molar-refractivity contribution in [2.45, 2.75) is 27.3 Å². The minimum atomic E-state index is -0.540. The predicted octanol–water partition coefficient (Wildman–Crippen LogP) is 2.76. The summed E-state index contributed by atoms with van der Waals surface area (Å²) in [5.74, 6) is -0.779. The van der Waals surface area contributed by atoms with E-state index < -0.39 is 23.0 Å². The molecule has 3 aromatic heterocycles. The smallest absolute Gasteiger partial charge is 0.331 e. The van der Waals surface area contributed by atoms with Gasteiger partial charge in [0.15, 0.2) is 22.2 Å². The van der Waals surface area contributed by atoms with Crippen molar-refractivity contribution in [3.05, 3.63) is 56.4 Å². The van der Waals surface area contributed by atoms with Gasteiger partial charge in [-0.25, -0.2) is 18.9 Å². The van der Waals surface area contributed by atoms with Crippen LogP contribution >= 0.6 is 11.3 Å². The SMILES string of the molecule is Cn1c(=O)c2c(cnn2CC(=O)Nc2nc(-c3ccc(OCC(C)(C)C)c(F)c3)cs2)n(C)c1=O. The molecule has 4 rings (SSSR count). The number of carbonyl (C=O) groups is 1. The van der Waals surface area contributed by atoms with E-state index in [1.54, 1.807) is 17.5 Å². The van der Waals surface area contributed by atoms with Crippen molar-refractivity contribution < 1.29 is 13.9 Å². The molecule has 0 saturated carbocycles. The van der Waals surface area contributed by atoms with Gasteiger partial charge in [-0.2, -0.15) is 5.10 Å². The quantitative estimate of drug-likeness (QED) is 0.436. The van der Waals surface area contributed by atoms with Gasteiger partial charge in [0.1, 0.15) is 6.54 Å². The summed E-state index contributed by atoms with van der Waals surface area (Å²) in [6.07, 6.45) is 1.37. The van der Waals surface area contributed by atoms with Crippen LogP contribution in [0, 0.1) is 11.2 Å². The molecule has 0 saturated heterocycles. The molecule has 3 heterocycles. The van der Waals surface area contributed by atoms with Crippen LogP contribution in [0.25, 0.3) is 22.3 Å². The normalized spacial score (nSPS) is 11.7. The number of aryl methyl sites for hydroxylation is 1. The zero-order valence-corrected chi connectivity index (χ0v) is 20.8. The molecular formula is C23H25FN6O4S. The largest absolute Gasteiger partial charge is 0.490 e. The number of fused-ring (bicyclic) bond motifs is 1. The number of halogens is 1. The fourth-order valence-electron chi connectivity index (χ4n) is 3.36. The summed E-state index contributed by atoms with van der Waals surface area (Å²) >= 11 is 1.18. The number of carbonyl (C=O) groups excluding carboxylic acids is 1. The van der Waals surface area contributed by atoms with Crippen molar-refractivity contribution in [1.29, 1.82) is 0 Å². The van der Waals surface area contributed by atoms with E-state index in [4.69, 9.17) is 4.74 Å². The summed E-state index contributed by atoms with van der Waals surface area (Å²) in [5.41, 5.74) is 0.408. The molecule has 35 heavy (non-hydrogen) atoms. The molecule has 0 spiro atoms. The number of rotatable bonds is 6. The third-order valence-corrected chi connectivity index (χ3v) is 5.95. The zero-order valence-electron chi connectivity index (χ0n) is 20.0. The van der Waals surface area contributed by atoms with Crippen molar-refractivity contribution in [2.75, 3.05) is 11.9 Å². The van der Waals surface area contributed by atoms with E-state index in [9.17, 15) is 18.8 Å². The molecular weight excluding hydrogens is 475 g/mol. The van der Waals surface area contributed by atoms with Gasteiger partial charge in [0.25, 0.3) is 5.56 Å². The first-order chi connectivity index (χ1) is 16.4. The highest BCUT2D eigenvalue weighted by atomic mass is 32.1. The van der Waals surface area contributed by atoms with E-state index in [-0.39, 0.29) is 23.2 Å². The van der Waals surface area contributed by atoms with Gasteiger partial charge in [-0.3, -0.25) is 18.7 Å². The van der Waals surface area contributed by atoms with Gasteiger partial charge in [0.05, 0.1) is 24.0 Å². The molecule has 1 aromatic carbocycles. The Morgan fingerprint density at radius 1 is 1.20 bits per heavy atom. The first-order valence-corrected chi connectivity index (χ1v) is 11.6. The predicted molar refractivity (Wildman–Crippen MR) is 131 cm³/mol. The van der Waals surface area contributed by atoms with Crippen LogP contribution in [0.1, 0.15) is 20.8 Å². The monoisotopic (exact) mass is 500 g/mol. The summed E-state index contributed by atoms with van der Waals surface area (Å²) in [7, 11) is 2.89. The topological polar surface area (TPSA) is 113 Å². The third-order valence-electron chi connectivity index (χ3n) is 5.19. The van der Waals surface area contributed by atoms with Crippen molar-refractivity contribution in [3.63, 3.8) is 0 Å². The molecule has 1 amide bonds. The van der Waals surface area contributed by atoms with Gasteiger partial charge in [-0.05, 0) is 23.6 Å². The average molecular weight is 501 g/mol. The number of nitrogens with zero attached hydrogens (tertiary/aromatic N) is 5. The second-order valence-electron chi connectivity index (χ2n) is 9.32. The lowest BCUT2D eigenvalue weighted by molar-refractivity contribution is -0.116. The number of nitrogens with one attached hydrogen (secondary N) is 1. The summed E-state index contributed by atoms with van der Waals surface area (Å²) in [6, 6.07) is 4.61. The molecule has 0 aliphatic heterocycles. The van der Waals surface area contributed by atoms with Crippen LogP contribution in [0.3, 0.4) is 0 Å². The number of ether oxygens (including phenoxy) is 1. The standard InChI is InChI=1S/C23H25FN6O4S/c1-23(2,3)12-34-17-7-6-13(8-14(17)24)15-11-35-21(26-15)27-18(31)10-30-19-16(9-25-30)28(4)22(33)29(5)20(19)32/h6-9,11H,10,12H2,1-5H3,(H,26,27,31). The summed E-state index contributed by atoms with van der Waals surface area (Å²) in [6.45, 7) is 6.13. The van der Waals surface area contributed by atoms with Crippen molar-refractivity contribution in [3.8, 4) is 17.0 Å². The highest BCUT2D eigenvalue weighted by Crippen LogP contribution is 2.29. The maximum absolute atomic E-state index is 14.5. The Morgan fingerprint density at radius 3 is 2.63 bits per heavy atom. The van der Waals surface area contributed by atoms with Gasteiger partial charge in [0, 0.05) is 25.0 Å². The third kappa shape index (κ3) is 5.02. The Bertz CT molecular complexity index is 1540. The van der Waals surface area contributed by atoms with Crippen LogP contribution in [0.4, 0.5) is 9.52 Å². The lowest BCUT2D eigenvalue weighted by Gasteiger charge is -2.19. The molecule has 0 aliphatic carbocycles. The van der Waals surface area contributed by atoms with Crippen molar-refractivity contribution >= 4 is 33.4 Å². The molecule has 0 atom stereocenters. The first-order valence-electron chi connectivity index (χ1n) is 10.7. The van der Waals surface area contributed by atoms with Crippen LogP contribution in [-0.2, 0) is 25.4 Å². The highest BCUT2D eigenvalue weighted by Gasteiger charge is 2.18. The Hall–Kier alpha value is -3.80. The van der Waals surface area contributed by atoms with Crippen LogP contribution in [-0.4, -0.2) is 36.4 Å². The van der Waals surface area contributed by atoms with E-state index in [0.29, 0.717) is 28.5 Å². The van der Waals surface area contributed by atoms with Crippen LogP contribution in [0.5, 0.6) is 5.75 Å². The number of thiazole rings is 1. The molecule has 0 radical (unpaired) electrons. The van der Waals surface area contributed by atoms with Gasteiger partial charge in [-0.1, -0.05) is 20.8 Å². The number of anilines is 1. The molecule has 0 fully saturated rings. The minimum Gasteiger partial charge on any atom is -0.490 e. The Morgan fingerprint density at radius 2 is 1.94 bits per heavy atom. The van der Waals surface area contributed by atoms with E-state index in [1.807, 2.05) is 20.8 Å². The molecule has 0 unspecified atom stereocenters. The molecule has 184 valence electrons. The average Bonchev–Trinajstić information content (AvgIpc) is 3.42. The molecule has 0 aliphatic rings. The zero-order chi connectivity index (χ0) is 25.5.